The molecule has 0 aliphatic rings. The van der Waals surface area contributed by atoms with Crippen LogP contribution in [-0.4, -0.2) is 20.7 Å². The molecule has 0 bridgehead atoms. The summed E-state index contributed by atoms with van der Waals surface area (Å²) < 4.78 is 1.56. The number of aromatic nitrogens is 3. The first-order valence-electron chi connectivity index (χ1n) is 8.80. The molecule has 0 radical (unpaired) electrons. The molecule has 0 saturated carbocycles. The lowest BCUT2D eigenvalue weighted by atomic mass is 10.0. The Kier molecular flexibility index (Phi) is 4.20. The van der Waals surface area contributed by atoms with Crippen LogP contribution in [0.2, 0.25) is 0 Å². The van der Waals surface area contributed by atoms with E-state index in [1.807, 2.05) is 37.3 Å². The second-order valence-electron chi connectivity index (χ2n) is 6.67. The number of amides is 1. The molecule has 0 spiro atoms. The standard InChI is InChI=1S/C22H20N4O/c1-14-5-4-6-16-7-10-19(24-21(14)16)17-8-9-18(15(2)13-17)25-22(27)20-11-12-23-26(20)3/h4-13H,1-3H3,(H,25,27). The van der Waals surface area contributed by atoms with E-state index in [2.05, 4.69) is 35.5 Å². The lowest BCUT2D eigenvalue weighted by molar-refractivity contribution is 0.101. The first kappa shape index (κ1) is 17.0. The molecule has 5 nitrogen and oxygen atoms in total. The minimum atomic E-state index is -0.176. The number of nitrogens with one attached hydrogen (secondary N) is 1. The number of para-hydroxylation sites is 1. The highest BCUT2D eigenvalue weighted by Crippen LogP contribution is 2.26. The number of pyridine rings is 1. The Morgan fingerprint density at radius 1 is 1.00 bits per heavy atom. The van der Waals surface area contributed by atoms with E-state index >= 15 is 0 Å². The van der Waals surface area contributed by atoms with Gasteiger partial charge >= 0.3 is 0 Å². The predicted octanol–water partition coefficient (Wildman–Crippen LogP) is 4.50. The summed E-state index contributed by atoms with van der Waals surface area (Å²) in [7, 11) is 1.75. The van der Waals surface area contributed by atoms with E-state index in [-0.39, 0.29) is 5.91 Å². The van der Waals surface area contributed by atoms with Gasteiger partial charge in [0.2, 0.25) is 0 Å². The zero-order valence-corrected chi connectivity index (χ0v) is 15.5. The topological polar surface area (TPSA) is 59.8 Å². The Morgan fingerprint density at radius 3 is 2.59 bits per heavy atom. The smallest absolute Gasteiger partial charge is 0.273 e. The van der Waals surface area contributed by atoms with Crippen molar-refractivity contribution < 1.29 is 4.79 Å². The van der Waals surface area contributed by atoms with Crippen molar-refractivity contribution in [1.82, 2.24) is 14.8 Å². The van der Waals surface area contributed by atoms with Crippen molar-refractivity contribution in [2.45, 2.75) is 13.8 Å². The summed E-state index contributed by atoms with van der Waals surface area (Å²) in [4.78, 5) is 17.2. The summed E-state index contributed by atoms with van der Waals surface area (Å²) in [6, 6.07) is 18.0. The zero-order valence-electron chi connectivity index (χ0n) is 15.5. The number of anilines is 1. The van der Waals surface area contributed by atoms with Crippen LogP contribution in [0.25, 0.3) is 22.2 Å². The van der Waals surface area contributed by atoms with E-state index in [1.165, 1.54) is 0 Å². The molecule has 0 saturated heterocycles. The van der Waals surface area contributed by atoms with Crippen molar-refractivity contribution >= 4 is 22.5 Å². The van der Waals surface area contributed by atoms with Crippen LogP contribution in [0.4, 0.5) is 5.69 Å². The molecule has 0 aliphatic heterocycles. The summed E-state index contributed by atoms with van der Waals surface area (Å²) >= 11 is 0. The molecule has 1 N–H and O–H groups in total. The van der Waals surface area contributed by atoms with Crippen LogP contribution in [-0.2, 0) is 7.05 Å². The minimum absolute atomic E-state index is 0.176. The molecule has 134 valence electrons. The van der Waals surface area contributed by atoms with Gasteiger partial charge in [-0.15, -0.1) is 0 Å². The highest BCUT2D eigenvalue weighted by atomic mass is 16.2. The quantitative estimate of drug-likeness (QED) is 0.588. The Balaban J connectivity index is 1.65. The van der Waals surface area contributed by atoms with E-state index < -0.39 is 0 Å². The molecule has 0 unspecified atom stereocenters. The molecule has 2 aromatic heterocycles. The second-order valence-corrected chi connectivity index (χ2v) is 6.67. The van der Waals surface area contributed by atoms with Gasteiger partial charge in [0.15, 0.2) is 0 Å². The number of aryl methyl sites for hydroxylation is 3. The first-order chi connectivity index (χ1) is 13.0. The molecule has 0 aliphatic carbocycles. The third-order valence-corrected chi connectivity index (χ3v) is 4.75. The summed E-state index contributed by atoms with van der Waals surface area (Å²) in [5, 5.41) is 8.12. The van der Waals surface area contributed by atoms with Crippen molar-refractivity contribution in [2.24, 2.45) is 7.05 Å². The van der Waals surface area contributed by atoms with Gasteiger partial charge in [0.05, 0.1) is 11.2 Å². The minimum Gasteiger partial charge on any atom is -0.320 e. The number of carbonyl (C=O) groups excluding carboxylic acids is 1. The molecule has 0 atom stereocenters. The van der Waals surface area contributed by atoms with Crippen molar-refractivity contribution in [2.75, 3.05) is 5.32 Å². The lowest BCUT2D eigenvalue weighted by Gasteiger charge is -2.11. The molecular weight excluding hydrogens is 336 g/mol. The van der Waals surface area contributed by atoms with Gasteiger partial charge in [-0.1, -0.05) is 30.3 Å². The van der Waals surface area contributed by atoms with E-state index in [9.17, 15) is 4.79 Å². The molecule has 4 rings (SSSR count). The number of fused-ring (bicyclic) bond motifs is 1. The van der Waals surface area contributed by atoms with Gasteiger partial charge in [0.1, 0.15) is 5.69 Å². The fourth-order valence-electron chi connectivity index (χ4n) is 3.20. The van der Waals surface area contributed by atoms with Crippen LogP contribution < -0.4 is 5.32 Å². The molecule has 0 fully saturated rings. The highest BCUT2D eigenvalue weighted by Gasteiger charge is 2.12. The van der Waals surface area contributed by atoms with Gasteiger partial charge in [-0.2, -0.15) is 5.10 Å². The second kappa shape index (κ2) is 6.68. The Labute approximate surface area is 157 Å². The number of nitrogens with zero attached hydrogens (tertiary/aromatic N) is 3. The van der Waals surface area contributed by atoms with Gasteiger partial charge in [-0.3, -0.25) is 9.48 Å². The summed E-state index contributed by atoms with van der Waals surface area (Å²) in [5.74, 6) is -0.176. The van der Waals surface area contributed by atoms with Gasteiger partial charge in [-0.05, 0) is 49.2 Å². The Morgan fingerprint density at radius 2 is 1.85 bits per heavy atom. The normalized spacial score (nSPS) is 10.9. The Bertz CT molecular complexity index is 1160. The summed E-state index contributed by atoms with van der Waals surface area (Å²) in [5.41, 5.74) is 6.40. The van der Waals surface area contributed by atoms with Crippen LogP contribution in [0.5, 0.6) is 0 Å². The molecule has 1 amide bonds. The fourth-order valence-corrected chi connectivity index (χ4v) is 3.20. The highest BCUT2D eigenvalue weighted by molar-refractivity contribution is 6.03. The SMILES string of the molecule is Cc1cc(-c2ccc3cccc(C)c3n2)ccc1NC(=O)c1ccnn1C. The first-order valence-corrected chi connectivity index (χ1v) is 8.80. The fraction of sp³-hybridized carbons (Fsp3) is 0.136. The van der Waals surface area contributed by atoms with Gasteiger partial charge < -0.3 is 5.32 Å². The summed E-state index contributed by atoms with van der Waals surface area (Å²) in [6.45, 7) is 4.05. The van der Waals surface area contributed by atoms with Gasteiger partial charge in [-0.25, -0.2) is 4.98 Å². The third-order valence-electron chi connectivity index (χ3n) is 4.75. The van der Waals surface area contributed by atoms with Crippen LogP contribution in [0, 0.1) is 13.8 Å². The van der Waals surface area contributed by atoms with Crippen molar-refractivity contribution in [1.29, 1.82) is 0 Å². The molecule has 4 aromatic rings. The Hall–Kier alpha value is -3.47. The summed E-state index contributed by atoms with van der Waals surface area (Å²) in [6.07, 6.45) is 1.61. The molecule has 5 heteroatoms. The van der Waals surface area contributed by atoms with Gasteiger partial charge in [0, 0.05) is 29.9 Å². The molecule has 2 heterocycles. The van der Waals surface area contributed by atoms with E-state index in [4.69, 9.17) is 4.98 Å². The van der Waals surface area contributed by atoms with E-state index in [0.29, 0.717) is 5.69 Å². The molecule has 27 heavy (non-hydrogen) atoms. The van der Waals surface area contributed by atoms with Crippen LogP contribution >= 0.6 is 0 Å². The van der Waals surface area contributed by atoms with Crippen LogP contribution in [0.3, 0.4) is 0 Å². The predicted molar refractivity (Wildman–Crippen MR) is 108 cm³/mol. The number of carbonyl (C=O) groups is 1. The maximum absolute atomic E-state index is 12.4. The van der Waals surface area contributed by atoms with Gasteiger partial charge in [0.25, 0.3) is 5.91 Å². The molecule has 2 aromatic carbocycles. The number of hydrogen-bond acceptors (Lipinski definition) is 3. The van der Waals surface area contributed by atoms with E-state index in [1.54, 1.807) is 24.0 Å². The monoisotopic (exact) mass is 356 g/mol. The largest absolute Gasteiger partial charge is 0.320 e. The van der Waals surface area contributed by atoms with Crippen LogP contribution in [0.15, 0.2) is 60.8 Å². The average molecular weight is 356 g/mol. The maximum atomic E-state index is 12.4. The zero-order chi connectivity index (χ0) is 19.0. The third kappa shape index (κ3) is 3.19. The van der Waals surface area contributed by atoms with E-state index in [0.717, 1.165) is 39.0 Å². The number of hydrogen-bond donors (Lipinski definition) is 1. The average Bonchev–Trinajstić information content (AvgIpc) is 3.09. The molecular formula is C22H20N4O. The van der Waals surface area contributed by atoms with Crippen LogP contribution in [0.1, 0.15) is 21.6 Å². The lowest BCUT2D eigenvalue weighted by Crippen LogP contribution is -2.16. The van der Waals surface area contributed by atoms with Crippen molar-refractivity contribution in [3.05, 3.63) is 77.6 Å². The number of benzene rings is 2. The van der Waals surface area contributed by atoms with Crippen molar-refractivity contribution in [3.63, 3.8) is 0 Å². The number of rotatable bonds is 3. The van der Waals surface area contributed by atoms with Crippen molar-refractivity contribution in [3.8, 4) is 11.3 Å². The maximum Gasteiger partial charge on any atom is 0.273 e.